The SMILES string of the molecule is C=CCN(C(=O)N1CCCC(C)(C)C1C(=O)O)C(C)(C)C. The van der Waals surface area contributed by atoms with Crippen molar-refractivity contribution < 1.29 is 14.7 Å². The molecular formula is C16H28N2O3. The molecule has 120 valence electrons. The summed E-state index contributed by atoms with van der Waals surface area (Å²) >= 11 is 0. The number of carboxylic acid groups (broad SMARTS) is 1. The Hall–Kier alpha value is -1.52. The van der Waals surface area contributed by atoms with E-state index in [2.05, 4.69) is 6.58 Å². The number of likely N-dealkylation sites (tertiary alicyclic amines) is 1. The van der Waals surface area contributed by atoms with Gasteiger partial charge in [-0.05, 0) is 39.0 Å². The molecule has 5 nitrogen and oxygen atoms in total. The third-order valence-electron chi connectivity index (χ3n) is 4.10. The minimum Gasteiger partial charge on any atom is -0.480 e. The van der Waals surface area contributed by atoms with Gasteiger partial charge in [-0.15, -0.1) is 6.58 Å². The minimum absolute atomic E-state index is 0.220. The average molecular weight is 296 g/mol. The van der Waals surface area contributed by atoms with E-state index in [0.717, 1.165) is 12.8 Å². The van der Waals surface area contributed by atoms with Crippen molar-refractivity contribution in [1.82, 2.24) is 9.80 Å². The van der Waals surface area contributed by atoms with Crippen molar-refractivity contribution in [3.8, 4) is 0 Å². The number of aliphatic carboxylic acids is 1. The second-order valence-corrected chi connectivity index (χ2v) is 7.38. The number of hydrogen-bond acceptors (Lipinski definition) is 2. The fraction of sp³-hybridized carbons (Fsp3) is 0.750. The van der Waals surface area contributed by atoms with E-state index in [-0.39, 0.29) is 11.6 Å². The number of rotatable bonds is 3. The third-order valence-corrected chi connectivity index (χ3v) is 4.10. The zero-order valence-electron chi connectivity index (χ0n) is 13.8. The van der Waals surface area contributed by atoms with E-state index < -0.39 is 17.4 Å². The lowest BCUT2D eigenvalue weighted by Gasteiger charge is -2.47. The van der Waals surface area contributed by atoms with Crippen molar-refractivity contribution in [1.29, 1.82) is 0 Å². The van der Waals surface area contributed by atoms with Crippen molar-refractivity contribution in [2.75, 3.05) is 13.1 Å². The molecule has 21 heavy (non-hydrogen) atoms. The van der Waals surface area contributed by atoms with E-state index in [9.17, 15) is 14.7 Å². The van der Waals surface area contributed by atoms with Crippen LogP contribution in [-0.2, 0) is 4.79 Å². The van der Waals surface area contributed by atoms with Crippen LogP contribution in [0.1, 0.15) is 47.5 Å². The standard InChI is InChI=1S/C16H28N2O3/c1-7-10-18(15(2,3)4)14(21)17-11-8-9-16(5,6)12(17)13(19)20/h7,12H,1,8-11H2,2-6H3,(H,19,20). The van der Waals surface area contributed by atoms with Gasteiger partial charge in [0.15, 0.2) is 0 Å². The number of nitrogens with zero attached hydrogens (tertiary/aromatic N) is 2. The second kappa shape index (κ2) is 6.08. The fourth-order valence-electron chi connectivity index (χ4n) is 2.99. The van der Waals surface area contributed by atoms with Crippen LogP contribution in [0.3, 0.4) is 0 Å². The molecule has 1 rings (SSSR count). The molecule has 1 saturated heterocycles. The Morgan fingerprint density at radius 2 is 2.00 bits per heavy atom. The molecule has 1 aliphatic heterocycles. The number of hydrogen-bond donors (Lipinski definition) is 1. The molecule has 1 atom stereocenters. The molecule has 0 aromatic rings. The quantitative estimate of drug-likeness (QED) is 0.814. The molecule has 0 radical (unpaired) electrons. The second-order valence-electron chi connectivity index (χ2n) is 7.38. The van der Waals surface area contributed by atoms with E-state index in [0.29, 0.717) is 13.1 Å². The van der Waals surface area contributed by atoms with Crippen LogP contribution in [0.2, 0.25) is 0 Å². The Kier molecular flexibility index (Phi) is 5.07. The highest BCUT2D eigenvalue weighted by molar-refractivity contribution is 5.84. The first kappa shape index (κ1) is 17.5. The molecule has 1 N–H and O–H groups in total. The Bertz CT molecular complexity index is 424. The molecule has 0 aromatic carbocycles. The molecule has 2 amide bonds. The zero-order chi connectivity index (χ0) is 16.4. The van der Waals surface area contributed by atoms with E-state index in [4.69, 9.17) is 0 Å². The van der Waals surface area contributed by atoms with Gasteiger partial charge in [0.1, 0.15) is 6.04 Å². The molecule has 0 spiro atoms. The summed E-state index contributed by atoms with van der Waals surface area (Å²) in [5.41, 5.74) is -0.798. The largest absolute Gasteiger partial charge is 0.480 e. The monoisotopic (exact) mass is 296 g/mol. The molecule has 0 saturated carbocycles. The Morgan fingerprint density at radius 1 is 1.43 bits per heavy atom. The summed E-state index contributed by atoms with van der Waals surface area (Å²) in [6.07, 6.45) is 3.31. The van der Waals surface area contributed by atoms with E-state index in [1.54, 1.807) is 11.0 Å². The molecule has 1 unspecified atom stereocenters. The zero-order valence-corrected chi connectivity index (χ0v) is 13.8. The number of urea groups is 1. The van der Waals surface area contributed by atoms with Gasteiger partial charge < -0.3 is 14.9 Å². The molecule has 5 heteroatoms. The number of amides is 2. The molecule has 0 bridgehead atoms. The van der Waals surface area contributed by atoms with Crippen molar-refractivity contribution >= 4 is 12.0 Å². The summed E-state index contributed by atoms with van der Waals surface area (Å²) in [5, 5.41) is 9.58. The molecule has 1 aliphatic rings. The van der Waals surface area contributed by atoms with Crippen molar-refractivity contribution in [2.45, 2.75) is 59.0 Å². The van der Waals surface area contributed by atoms with Gasteiger partial charge in [0, 0.05) is 18.6 Å². The predicted octanol–water partition coefficient (Wildman–Crippen LogP) is 2.97. The minimum atomic E-state index is -0.930. The number of carbonyl (C=O) groups excluding carboxylic acids is 1. The highest BCUT2D eigenvalue weighted by Gasteiger charge is 2.46. The van der Waals surface area contributed by atoms with Gasteiger partial charge >= 0.3 is 12.0 Å². The Labute approximate surface area is 127 Å². The first-order chi connectivity index (χ1) is 9.52. The highest BCUT2D eigenvalue weighted by atomic mass is 16.4. The van der Waals surface area contributed by atoms with Gasteiger partial charge in [0.2, 0.25) is 0 Å². The maximum absolute atomic E-state index is 12.9. The van der Waals surface area contributed by atoms with Gasteiger partial charge in [0.05, 0.1) is 0 Å². The van der Waals surface area contributed by atoms with Crippen LogP contribution in [0.25, 0.3) is 0 Å². The summed E-state index contributed by atoms with van der Waals surface area (Å²) in [7, 11) is 0. The van der Waals surface area contributed by atoms with Gasteiger partial charge in [-0.3, -0.25) is 0 Å². The molecule has 1 fully saturated rings. The number of carbonyl (C=O) groups is 2. The summed E-state index contributed by atoms with van der Waals surface area (Å²) in [6.45, 7) is 14.3. The van der Waals surface area contributed by atoms with Crippen LogP contribution in [0.15, 0.2) is 12.7 Å². The summed E-state index contributed by atoms with van der Waals surface area (Å²) in [6, 6.07) is -1.00. The van der Waals surface area contributed by atoms with Gasteiger partial charge in [-0.2, -0.15) is 0 Å². The van der Waals surface area contributed by atoms with Crippen molar-refractivity contribution in [2.24, 2.45) is 5.41 Å². The summed E-state index contributed by atoms with van der Waals surface area (Å²) < 4.78 is 0. The third kappa shape index (κ3) is 3.77. The lowest BCUT2D eigenvalue weighted by atomic mass is 9.76. The number of piperidine rings is 1. The normalized spacial score (nSPS) is 21.8. The molecule has 0 aliphatic carbocycles. The average Bonchev–Trinajstić information content (AvgIpc) is 2.31. The van der Waals surface area contributed by atoms with Crippen LogP contribution >= 0.6 is 0 Å². The maximum Gasteiger partial charge on any atom is 0.327 e. The van der Waals surface area contributed by atoms with Gasteiger partial charge in [-0.25, -0.2) is 9.59 Å². The lowest BCUT2D eigenvalue weighted by Crippen LogP contribution is -2.61. The van der Waals surface area contributed by atoms with E-state index in [1.165, 1.54) is 4.90 Å². The van der Waals surface area contributed by atoms with Crippen molar-refractivity contribution in [3.05, 3.63) is 12.7 Å². The topological polar surface area (TPSA) is 60.9 Å². The Morgan fingerprint density at radius 3 is 2.43 bits per heavy atom. The lowest BCUT2D eigenvalue weighted by molar-refractivity contribution is -0.149. The smallest absolute Gasteiger partial charge is 0.327 e. The Balaban J connectivity index is 3.12. The van der Waals surface area contributed by atoms with Crippen molar-refractivity contribution in [3.63, 3.8) is 0 Å². The highest BCUT2D eigenvalue weighted by Crippen LogP contribution is 2.36. The number of carboxylic acids is 1. The maximum atomic E-state index is 12.9. The van der Waals surface area contributed by atoms with Crippen LogP contribution < -0.4 is 0 Å². The van der Waals surface area contributed by atoms with Gasteiger partial charge in [0.25, 0.3) is 0 Å². The first-order valence-electron chi connectivity index (χ1n) is 7.44. The first-order valence-corrected chi connectivity index (χ1v) is 7.44. The predicted molar refractivity (Wildman–Crippen MR) is 83.2 cm³/mol. The molecule has 0 aromatic heterocycles. The summed E-state index contributed by atoms with van der Waals surface area (Å²) in [4.78, 5) is 27.8. The van der Waals surface area contributed by atoms with Gasteiger partial charge in [-0.1, -0.05) is 19.9 Å². The van der Waals surface area contributed by atoms with E-state index >= 15 is 0 Å². The molecular weight excluding hydrogens is 268 g/mol. The summed E-state index contributed by atoms with van der Waals surface area (Å²) in [5.74, 6) is -0.930. The van der Waals surface area contributed by atoms with Crippen LogP contribution in [0, 0.1) is 5.41 Å². The van der Waals surface area contributed by atoms with Crippen LogP contribution in [0.4, 0.5) is 4.79 Å². The van der Waals surface area contributed by atoms with Crippen LogP contribution in [0.5, 0.6) is 0 Å². The fourth-order valence-corrected chi connectivity index (χ4v) is 2.99. The van der Waals surface area contributed by atoms with E-state index in [1.807, 2.05) is 34.6 Å². The van der Waals surface area contributed by atoms with Crippen LogP contribution in [-0.4, -0.2) is 51.6 Å². The molecule has 1 heterocycles.